The first-order valence-electron chi connectivity index (χ1n) is 22.4. The van der Waals surface area contributed by atoms with Crippen molar-refractivity contribution in [1.82, 2.24) is 38.9 Å². The number of benzene rings is 2. The van der Waals surface area contributed by atoms with Crippen molar-refractivity contribution in [2.75, 3.05) is 71.4 Å². The fourth-order valence-electron chi connectivity index (χ4n) is 10.8. The number of aromatic nitrogens is 3. The van der Waals surface area contributed by atoms with Gasteiger partial charge in [0.05, 0.1) is 32.1 Å². The van der Waals surface area contributed by atoms with Crippen LogP contribution in [0, 0.1) is 0 Å². The molecule has 0 bridgehead atoms. The highest BCUT2D eigenvalue weighted by Gasteiger charge is 2.69. The highest BCUT2D eigenvalue weighted by Crippen LogP contribution is 2.52. The molecule has 0 unspecified atom stereocenters. The molecule has 5 aliphatic rings. The summed E-state index contributed by atoms with van der Waals surface area (Å²) < 4.78 is 56.1. The lowest BCUT2D eigenvalue weighted by Crippen LogP contribution is -3.00. The van der Waals surface area contributed by atoms with Gasteiger partial charge in [-0.15, -0.1) is 0 Å². The zero-order chi connectivity index (χ0) is 44.9. The molecule has 15 nitrogen and oxygen atoms in total. The fourth-order valence-corrected chi connectivity index (χ4v) is 12.4. The molecule has 2 spiro atoms. The van der Waals surface area contributed by atoms with Gasteiger partial charge in [0.15, 0.2) is 5.54 Å². The van der Waals surface area contributed by atoms with Crippen molar-refractivity contribution in [2.45, 2.75) is 107 Å². The van der Waals surface area contributed by atoms with Gasteiger partial charge in [0.1, 0.15) is 31.3 Å². The molecule has 0 aliphatic carbocycles. The van der Waals surface area contributed by atoms with E-state index >= 15 is 0 Å². The number of piperidine rings is 4. The molecule has 354 valence electrons. The summed E-state index contributed by atoms with van der Waals surface area (Å²) in [6.07, 6.45) is 17.4. The second kappa shape index (κ2) is 21.4. The number of halogens is 3. The summed E-state index contributed by atoms with van der Waals surface area (Å²) in [4.78, 5) is 37.0. The van der Waals surface area contributed by atoms with E-state index in [4.69, 9.17) is 23.2 Å². The molecule has 5 fully saturated rings. The monoisotopic (exact) mass is 983 g/mol. The summed E-state index contributed by atoms with van der Waals surface area (Å²) in [5.74, 6) is -0.306. The van der Waals surface area contributed by atoms with Crippen LogP contribution in [-0.4, -0.2) is 157 Å². The minimum Gasteiger partial charge on any atom is -1.00 e. The third-order valence-electron chi connectivity index (χ3n) is 14.1. The van der Waals surface area contributed by atoms with Gasteiger partial charge in [-0.25, -0.2) is 31.3 Å². The Morgan fingerprint density at radius 3 is 1.58 bits per heavy atom. The summed E-state index contributed by atoms with van der Waals surface area (Å²) in [5.41, 5.74) is 2.04. The van der Waals surface area contributed by atoms with Gasteiger partial charge in [-0.2, -0.15) is 5.10 Å². The molecule has 2 N–H and O–H groups in total. The summed E-state index contributed by atoms with van der Waals surface area (Å²) in [6, 6.07) is 12.7. The molecule has 1 aromatic heterocycles. The molecule has 20 heteroatoms. The van der Waals surface area contributed by atoms with Crippen molar-refractivity contribution in [1.29, 1.82) is 0 Å². The van der Waals surface area contributed by atoms with Crippen LogP contribution in [0.25, 0.3) is 0 Å². The molecule has 0 saturated carbocycles. The zero-order valence-electron chi connectivity index (χ0n) is 37.0. The first kappa shape index (κ1) is 50.5. The molecular weight excluding hydrogens is 921 g/mol. The van der Waals surface area contributed by atoms with Gasteiger partial charge in [-0.05, 0) is 106 Å². The Labute approximate surface area is 395 Å². The minimum atomic E-state index is -3.56. The first-order chi connectivity index (χ1) is 30.0. The summed E-state index contributed by atoms with van der Waals surface area (Å²) >= 11 is 11.9. The van der Waals surface area contributed by atoms with Crippen LogP contribution in [-0.2, 0) is 49.0 Å². The standard InChI is InChI=1S/C23H33ClN6O3S.C21H31ClN3O3S.ClH/c1-34(32,33)27-21(15-19-5-7-20(24)8-6-19)22(31)28-13-9-23(10-14-28,16-30-18-25-17-26-30)29-11-3-2-4-12-29;1-29(27,28)23-19(15-17-5-7-18(22)8-6-17)20(26)24-11-9-21(10-12-24)16-25(21)13-3-2-4-14-25;/h5-8,17-18,21,27H,2-4,9-16H2,1H3;5-8,19,23H,2-4,9-16H2,1H3;1H/q;+1;/p-1/t21-;19-;/m11./s1. The first-order valence-corrected chi connectivity index (χ1v) is 26.9. The molecule has 2 aromatic carbocycles. The van der Waals surface area contributed by atoms with Crippen molar-refractivity contribution in [2.24, 2.45) is 0 Å². The Balaban J connectivity index is 0.000000212. The van der Waals surface area contributed by atoms with Crippen LogP contribution in [0.1, 0.15) is 75.3 Å². The van der Waals surface area contributed by atoms with E-state index in [-0.39, 0.29) is 36.2 Å². The number of hydrogen-bond acceptors (Lipinski definition) is 9. The lowest BCUT2D eigenvalue weighted by Gasteiger charge is -2.50. The van der Waals surface area contributed by atoms with Crippen molar-refractivity contribution in [3.05, 3.63) is 82.4 Å². The van der Waals surface area contributed by atoms with E-state index < -0.39 is 32.1 Å². The van der Waals surface area contributed by atoms with Crippen LogP contribution in [0.4, 0.5) is 0 Å². The number of fused-ring (bicyclic) bond motifs is 1. The van der Waals surface area contributed by atoms with Gasteiger partial charge in [0.25, 0.3) is 0 Å². The third kappa shape index (κ3) is 13.0. The number of rotatable bonds is 13. The fraction of sp³-hybridized carbons (Fsp3) is 0.636. The van der Waals surface area contributed by atoms with E-state index in [9.17, 15) is 26.4 Å². The Hall–Kier alpha value is -2.87. The van der Waals surface area contributed by atoms with Gasteiger partial charge in [-0.1, -0.05) is 53.9 Å². The molecule has 0 radical (unpaired) electrons. The largest absolute Gasteiger partial charge is 1.00 e. The lowest BCUT2D eigenvalue weighted by atomic mass is 9.83. The van der Waals surface area contributed by atoms with Crippen LogP contribution in [0.15, 0.2) is 61.2 Å². The van der Waals surface area contributed by atoms with Gasteiger partial charge in [-0.3, -0.25) is 19.2 Å². The molecule has 2 amide bonds. The van der Waals surface area contributed by atoms with Gasteiger partial charge in [0.2, 0.25) is 31.9 Å². The Kier molecular flexibility index (Phi) is 16.9. The molecule has 2 atom stereocenters. The van der Waals surface area contributed by atoms with Crippen molar-refractivity contribution in [3.8, 4) is 0 Å². The third-order valence-corrected chi connectivity index (χ3v) is 16.1. The maximum Gasteiger partial charge on any atom is 0.241 e. The Bertz CT molecular complexity index is 2230. The maximum absolute atomic E-state index is 13.5. The SMILES string of the molecule is CS(=O)(=O)N[C@H](Cc1ccc(Cl)cc1)C(=O)N1CCC(Cn2cncn2)(N2CCCCC2)CC1.CS(=O)(=O)N[C@H](Cc1ccc(Cl)cc1)C(=O)N1CCC2(CC1)C[N+]21CCCCC1.[Cl-]. The van der Waals surface area contributed by atoms with E-state index in [0.717, 1.165) is 82.0 Å². The van der Waals surface area contributed by atoms with Gasteiger partial charge in [0, 0.05) is 54.6 Å². The summed E-state index contributed by atoms with van der Waals surface area (Å²) in [6.45, 7) is 9.30. The number of nitrogens with one attached hydrogen (secondary N) is 2. The van der Waals surface area contributed by atoms with Gasteiger partial charge >= 0.3 is 0 Å². The van der Waals surface area contributed by atoms with Crippen molar-refractivity contribution >= 4 is 55.1 Å². The topological polar surface area (TPSA) is 167 Å². The number of carbonyl (C=O) groups is 2. The second-order valence-corrected chi connectivity index (χ2v) is 23.0. The van der Waals surface area contributed by atoms with Crippen LogP contribution in [0.2, 0.25) is 10.0 Å². The van der Waals surface area contributed by atoms with E-state index in [2.05, 4.69) is 24.4 Å². The number of amides is 2. The van der Waals surface area contributed by atoms with E-state index in [1.807, 2.05) is 38.7 Å². The number of nitrogens with zero attached hydrogens (tertiary/aromatic N) is 7. The number of sulfonamides is 2. The van der Waals surface area contributed by atoms with E-state index in [0.29, 0.717) is 35.1 Å². The maximum atomic E-state index is 13.5. The molecule has 64 heavy (non-hydrogen) atoms. The van der Waals surface area contributed by atoms with Crippen LogP contribution >= 0.6 is 23.2 Å². The predicted octanol–water partition coefficient (Wildman–Crippen LogP) is 1.12. The summed E-state index contributed by atoms with van der Waals surface area (Å²) in [5, 5.41) is 5.55. The number of carbonyl (C=O) groups excluding carboxylic acids is 2. The Morgan fingerprint density at radius 2 is 1.14 bits per heavy atom. The molecule has 5 aliphatic heterocycles. The molecule has 6 heterocycles. The minimum absolute atomic E-state index is 0. The quantitative estimate of drug-likeness (QED) is 0.189. The van der Waals surface area contributed by atoms with Crippen molar-refractivity contribution < 1.29 is 43.3 Å². The number of likely N-dealkylation sites (tertiary alicyclic amines) is 3. The van der Waals surface area contributed by atoms with Crippen LogP contribution in [0.3, 0.4) is 0 Å². The molecule has 8 rings (SSSR count). The average molecular weight is 986 g/mol. The highest BCUT2D eigenvalue weighted by atomic mass is 35.5. The van der Waals surface area contributed by atoms with E-state index in [1.165, 1.54) is 62.6 Å². The molecule has 3 aromatic rings. The van der Waals surface area contributed by atoms with Crippen LogP contribution in [0.5, 0.6) is 0 Å². The highest BCUT2D eigenvalue weighted by molar-refractivity contribution is 7.89. The summed E-state index contributed by atoms with van der Waals surface area (Å²) in [7, 11) is -7.05. The Morgan fingerprint density at radius 1 is 0.688 bits per heavy atom. The smallest absolute Gasteiger partial charge is 0.241 e. The lowest BCUT2D eigenvalue weighted by molar-refractivity contribution is -0.836. The predicted molar refractivity (Wildman–Crippen MR) is 245 cm³/mol. The second-order valence-electron chi connectivity index (χ2n) is 18.6. The van der Waals surface area contributed by atoms with Crippen molar-refractivity contribution in [3.63, 3.8) is 0 Å². The molecule has 5 saturated heterocycles. The number of hydrogen-bond donors (Lipinski definition) is 2. The zero-order valence-corrected chi connectivity index (χ0v) is 40.9. The average Bonchev–Trinajstić information content (AvgIpc) is 3.52. The van der Waals surface area contributed by atoms with Gasteiger partial charge < -0.3 is 26.7 Å². The number of quaternary nitrogens is 1. The van der Waals surface area contributed by atoms with Crippen LogP contribution < -0.4 is 21.9 Å². The normalized spacial score (nSPS) is 21.6. The van der Waals surface area contributed by atoms with E-state index in [1.54, 1.807) is 36.9 Å². The molecular formula is C44H64Cl3N9O6S2.